The normalized spacial score (nSPS) is 15.7. The van der Waals surface area contributed by atoms with Crippen molar-refractivity contribution in [3.63, 3.8) is 0 Å². The second-order valence-corrected chi connectivity index (χ2v) is 9.26. The Morgan fingerprint density at radius 3 is 2.49 bits per heavy atom. The van der Waals surface area contributed by atoms with E-state index >= 15 is 0 Å². The van der Waals surface area contributed by atoms with Gasteiger partial charge >= 0.3 is 0 Å². The number of Topliss-reactive ketones (excluding diaryl/α,β-unsaturated/α-hetero) is 1. The van der Waals surface area contributed by atoms with Gasteiger partial charge in [0.05, 0.1) is 7.11 Å². The van der Waals surface area contributed by atoms with Crippen LogP contribution in [-0.2, 0) is 12.8 Å². The smallest absolute Gasteiger partial charge is 0.169 e. The van der Waals surface area contributed by atoms with Crippen molar-refractivity contribution >= 4 is 17.9 Å². The fraction of sp³-hybridized carbons (Fsp3) is 0.156. The Kier molecular flexibility index (Phi) is 5.33. The summed E-state index contributed by atoms with van der Waals surface area (Å²) < 4.78 is 18.9. The molecule has 4 aromatic rings. The van der Waals surface area contributed by atoms with Gasteiger partial charge in [-0.25, -0.2) is 4.39 Å². The van der Waals surface area contributed by atoms with E-state index in [-0.39, 0.29) is 17.5 Å². The molecule has 0 heterocycles. The van der Waals surface area contributed by atoms with Gasteiger partial charge in [-0.15, -0.1) is 0 Å². The molecule has 0 spiro atoms. The summed E-state index contributed by atoms with van der Waals surface area (Å²) in [5.74, 6) is 0.414. The zero-order chi connectivity index (χ0) is 23.9. The van der Waals surface area contributed by atoms with Gasteiger partial charge in [-0.05, 0) is 87.8 Å². The maximum absolute atomic E-state index is 13.3. The van der Waals surface area contributed by atoms with E-state index in [1.807, 2.05) is 18.2 Å². The van der Waals surface area contributed by atoms with Crippen molar-refractivity contribution in [1.29, 1.82) is 0 Å². The van der Waals surface area contributed by atoms with E-state index in [0.29, 0.717) is 5.56 Å². The fourth-order valence-corrected chi connectivity index (χ4v) is 5.47. The lowest BCUT2D eigenvalue weighted by Crippen LogP contribution is -2.37. The SMILES string of the molecule is COc1ccccc1-c1ccc2c(c1)CC=c1c-2ccc2c1=CC(C(=O)c1ccc(F)cc1)CC2. The number of fused-ring (bicyclic) bond motifs is 5. The van der Waals surface area contributed by atoms with Crippen molar-refractivity contribution < 1.29 is 13.9 Å². The minimum atomic E-state index is -0.323. The van der Waals surface area contributed by atoms with Gasteiger partial charge in [0.25, 0.3) is 0 Å². The summed E-state index contributed by atoms with van der Waals surface area (Å²) in [4.78, 5) is 13.1. The summed E-state index contributed by atoms with van der Waals surface area (Å²) in [5.41, 5.74) is 7.83. The van der Waals surface area contributed by atoms with Crippen molar-refractivity contribution in [2.45, 2.75) is 19.3 Å². The van der Waals surface area contributed by atoms with Crippen molar-refractivity contribution in [3.8, 4) is 28.0 Å². The van der Waals surface area contributed by atoms with E-state index < -0.39 is 0 Å². The number of halogens is 1. The van der Waals surface area contributed by atoms with Crippen molar-refractivity contribution in [3.05, 3.63) is 112 Å². The third-order valence-corrected chi connectivity index (χ3v) is 7.28. The van der Waals surface area contributed by atoms with E-state index in [1.54, 1.807) is 19.2 Å². The number of rotatable bonds is 4. The molecule has 0 fully saturated rings. The van der Waals surface area contributed by atoms with Gasteiger partial charge in [0.1, 0.15) is 11.6 Å². The molecule has 2 aliphatic carbocycles. The number of carbonyl (C=O) groups excluding carboxylic acids is 1. The van der Waals surface area contributed by atoms with E-state index in [2.05, 4.69) is 48.6 Å². The highest BCUT2D eigenvalue weighted by molar-refractivity contribution is 6.01. The number of aryl methyl sites for hydroxylation is 1. The Balaban J connectivity index is 1.41. The Labute approximate surface area is 204 Å². The second kappa shape index (κ2) is 8.66. The van der Waals surface area contributed by atoms with Gasteiger partial charge in [0, 0.05) is 17.0 Å². The van der Waals surface area contributed by atoms with Crippen LogP contribution in [0.15, 0.2) is 78.9 Å². The number of benzene rings is 4. The lowest BCUT2D eigenvalue weighted by atomic mass is 9.82. The molecule has 0 radical (unpaired) electrons. The molecular weight excluding hydrogens is 435 g/mol. The van der Waals surface area contributed by atoms with Crippen LogP contribution in [0.1, 0.15) is 27.9 Å². The van der Waals surface area contributed by atoms with Crippen LogP contribution >= 0.6 is 0 Å². The molecule has 0 saturated carbocycles. The van der Waals surface area contributed by atoms with Crippen molar-refractivity contribution in [1.82, 2.24) is 0 Å². The summed E-state index contributed by atoms with van der Waals surface area (Å²) in [7, 11) is 1.70. The Bertz CT molecular complexity index is 1580. The van der Waals surface area contributed by atoms with Crippen LogP contribution in [-0.4, -0.2) is 12.9 Å². The number of ketones is 1. The average molecular weight is 461 g/mol. The Morgan fingerprint density at radius 2 is 1.66 bits per heavy atom. The minimum Gasteiger partial charge on any atom is -0.496 e. The number of hydrogen-bond donors (Lipinski definition) is 0. The van der Waals surface area contributed by atoms with Crippen LogP contribution < -0.4 is 15.2 Å². The Morgan fingerprint density at radius 1 is 0.857 bits per heavy atom. The first kappa shape index (κ1) is 21.5. The third kappa shape index (κ3) is 3.77. The van der Waals surface area contributed by atoms with Crippen LogP contribution in [0.4, 0.5) is 4.39 Å². The first-order chi connectivity index (χ1) is 17.1. The highest BCUT2D eigenvalue weighted by Gasteiger charge is 2.23. The number of methoxy groups -OCH3 is 1. The Hall–Kier alpha value is -3.98. The minimum absolute atomic E-state index is 0.0610. The molecule has 1 unspecified atom stereocenters. The molecule has 3 heteroatoms. The quantitative estimate of drug-likeness (QED) is 0.364. The van der Waals surface area contributed by atoms with Crippen molar-refractivity contribution in [2.24, 2.45) is 5.92 Å². The number of hydrogen-bond acceptors (Lipinski definition) is 2. The molecule has 0 amide bonds. The molecule has 0 aromatic heterocycles. The standard InChI is InChI=1S/C32H25FO2/c1-35-31-5-3-2-4-27(31)23-11-15-26-22(18-23)12-17-29-28(26)16-10-20-6-7-24(19-30(20)29)32(34)21-8-13-25(33)14-9-21/h2-5,8-11,13-19,24H,6-7,12H2,1H3. The first-order valence-corrected chi connectivity index (χ1v) is 12.0. The van der Waals surface area contributed by atoms with Crippen LogP contribution in [0.3, 0.4) is 0 Å². The van der Waals surface area contributed by atoms with Crippen molar-refractivity contribution in [2.75, 3.05) is 7.11 Å². The predicted molar refractivity (Wildman–Crippen MR) is 138 cm³/mol. The van der Waals surface area contributed by atoms with Crippen LogP contribution in [0.2, 0.25) is 0 Å². The van der Waals surface area contributed by atoms with E-state index in [0.717, 1.165) is 36.1 Å². The average Bonchev–Trinajstić information content (AvgIpc) is 2.92. The first-order valence-electron chi connectivity index (χ1n) is 12.0. The summed E-state index contributed by atoms with van der Waals surface area (Å²) in [6.45, 7) is 0. The summed E-state index contributed by atoms with van der Waals surface area (Å²) in [6, 6.07) is 25.0. The number of ether oxygens (including phenoxy) is 1. The van der Waals surface area contributed by atoms with E-state index in [4.69, 9.17) is 4.74 Å². The summed E-state index contributed by atoms with van der Waals surface area (Å²) in [5, 5.41) is 2.39. The zero-order valence-electron chi connectivity index (χ0n) is 19.6. The maximum atomic E-state index is 13.3. The van der Waals surface area contributed by atoms with Gasteiger partial charge in [-0.2, -0.15) is 0 Å². The maximum Gasteiger partial charge on any atom is 0.169 e. The van der Waals surface area contributed by atoms with Crippen LogP contribution in [0.25, 0.3) is 34.4 Å². The number of para-hydroxylation sites is 1. The van der Waals surface area contributed by atoms with E-state index in [9.17, 15) is 9.18 Å². The topological polar surface area (TPSA) is 26.3 Å². The molecule has 2 aliphatic rings. The molecule has 4 aromatic carbocycles. The number of carbonyl (C=O) groups is 1. The molecule has 0 N–H and O–H groups in total. The lowest BCUT2D eigenvalue weighted by Gasteiger charge is -2.22. The molecule has 0 saturated heterocycles. The fourth-order valence-electron chi connectivity index (χ4n) is 5.47. The molecule has 2 nitrogen and oxygen atoms in total. The van der Waals surface area contributed by atoms with Crippen LogP contribution in [0, 0.1) is 11.7 Å². The van der Waals surface area contributed by atoms with Crippen LogP contribution in [0.5, 0.6) is 5.75 Å². The second-order valence-electron chi connectivity index (χ2n) is 9.26. The highest BCUT2D eigenvalue weighted by atomic mass is 19.1. The summed E-state index contributed by atoms with van der Waals surface area (Å²) >= 11 is 0. The van der Waals surface area contributed by atoms with Gasteiger partial charge in [-0.1, -0.05) is 60.7 Å². The molecule has 35 heavy (non-hydrogen) atoms. The largest absolute Gasteiger partial charge is 0.496 e. The third-order valence-electron chi connectivity index (χ3n) is 7.28. The molecule has 1 atom stereocenters. The highest BCUT2D eigenvalue weighted by Crippen LogP contribution is 2.34. The monoisotopic (exact) mass is 460 g/mol. The molecule has 0 bridgehead atoms. The van der Waals surface area contributed by atoms with E-state index in [1.165, 1.54) is 44.8 Å². The van der Waals surface area contributed by atoms with Gasteiger partial charge in [0.2, 0.25) is 0 Å². The zero-order valence-corrected chi connectivity index (χ0v) is 19.6. The lowest BCUT2D eigenvalue weighted by molar-refractivity contribution is 0.0946. The van der Waals surface area contributed by atoms with Gasteiger partial charge < -0.3 is 4.74 Å². The molecule has 172 valence electrons. The predicted octanol–water partition coefficient (Wildman–Crippen LogP) is 5.73. The molecule has 0 aliphatic heterocycles. The van der Waals surface area contributed by atoms with Gasteiger partial charge in [0.15, 0.2) is 5.78 Å². The molecular formula is C32H25FO2. The summed E-state index contributed by atoms with van der Waals surface area (Å²) in [6.07, 6.45) is 6.91. The van der Waals surface area contributed by atoms with Gasteiger partial charge in [-0.3, -0.25) is 4.79 Å². The molecule has 6 rings (SSSR count).